The van der Waals surface area contributed by atoms with E-state index in [9.17, 15) is 9.18 Å². The van der Waals surface area contributed by atoms with Crippen LogP contribution in [0.15, 0.2) is 52.2 Å². The third-order valence-electron chi connectivity index (χ3n) is 3.53. The molecule has 1 aromatic carbocycles. The molecule has 3 aromatic rings. The second-order valence-corrected chi connectivity index (χ2v) is 6.26. The summed E-state index contributed by atoms with van der Waals surface area (Å²) in [6.45, 7) is 2.70. The van der Waals surface area contributed by atoms with Crippen LogP contribution in [0.4, 0.5) is 4.39 Å². The first-order valence-electron chi connectivity index (χ1n) is 8.32. The minimum atomic E-state index is -0.453. The summed E-state index contributed by atoms with van der Waals surface area (Å²) in [6.07, 6.45) is 1.57. The van der Waals surface area contributed by atoms with Gasteiger partial charge in [0.15, 0.2) is 28.3 Å². The number of carbonyl (C=O) groups excluding carboxylic acids is 1. The first-order valence-corrected chi connectivity index (χ1v) is 9.30. The number of thioether (sulfide) groups is 1. The molecule has 2 heterocycles. The van der Waals surface area contributed by atoms with Crippen LogP contribution in [-0.4, -0.2) is 39.7 Å². The summed E-state index contributed by atoms with van der Waals surface area (Å²) in [5.74, 6) is 0.564. The SMILES string of the molecule is CCn1c(SCC(=O)OCCOc2ccccc2F)nnc1-c1ccco1. The quantitative estimate of drug-likeness (QED) is 0.314. The standard InChI is InChI=1S/C18H18FN3O4S/c1-2-22-17(15-8-5-9-24-15)20-21-18(22)27-12-16(23)26-11-10-25-14-7-4-3-6-13(14)19/h3-9H,2,10-12H2,1H3. The van der Waals surface area contributed by atoms with Crippen molar-refractivity contribution in [2.45, 2.75) is 18.6 Å². The highest BCUT2D eigenvalue weighted by molar-refractivity contribution is 7.99. The Morgan fingerprint density at radius 3 is 2.81 bits per heavy atom. The zero-order valence-electron chi connectivity index (χ0n) is 14.6. The van der Waals surface area contributed by atoms with Crippen molar-refractivity contribution in [3.05, 3.63) is 48.5 Å². The molecule has 0 spiro atoms. The van der Waals surface area contributed by atoms with E-state index in [1.54, 1.807) is 30.5 Å². The lowest BCUT2D eigenvalue weighted by atomic mass is 10.3. The Kier molecular flexibility index (Phi) is 6.48. The second-order valence-electron chi connectivity index (χ2n) is 5.32. The van der Waals surface area contributed by atoms with Crippen molar-refractivity contribution in [2.75, 3.05) is 19.0 Å². The number of ether oxygens (including phenoxy) is 2. The fourth-order valence-electron chi connectivity index (χ4n) is 2.30. The molecule has 0 aliphatic heterocycles. The summed E-state index contributed by atoms with van der Waals surface area (Å²) in [4.78, 5) is 11.9. The maximum Gasteiger partial charge on any atom is 0.316 e. The van der Waals surface area contributed by atoms with Crippen LogP contribution < -0.4 is 4.74 Å². The highest BCUT2D eigenvalue weighted by Gasteiger charge is 2.16. The maximum absolute atomic E-state index is 13.4. The number of hydrogen-bond donors (Lipinski definition) is 0. The molecule has 9 heteroatoms. The van der Waals surface area contributed by atoms with Gasteiger partial charge in [-0.3, -0.25) is 9.36 Å². The molecule has 2 aromatic heterocycles. The van der Waals surface area contributed by atoms with Crippen molar-refractivity contribution in [1.29, 1.82) is 0 Å². The molecule has 0 radical (unpaired) electrons. The Morgan fingerprint density at radius 1 is 1.22 bits per heavy atom. The number of esters is 1. The normalized spacial score (nSPS) is 10.7. The molecule has 0 unspecified atom stereocenters. The van der Waals surface area contributed by atoms with Gasteiger partial charge in [0.05, 0.1) is 12.0 Å². The van der Waals surface area contributed by atoms with Gasteiger partial charge in [0.1, 0.15) is 13.2 Å². The van der Waals surface area contributed by atoms with Gasteiger partial charge in [-0.2, -0.15) is 0 Å². The molecule has 0 aliphatic rings. The molecule has 0 saturated heterocycles. The lowest BCUT2D eigenvalue weighted by molar-refractivity contribution is -0.141. The highest BCUT2D eigenvalue weighted by atomic mass is 32.2. The first-order chi connectivity index (χ1) is 13.2. The molecule has 0 aliphatic carbocycles. The van der Waals surface area contributed by atoms with Crippen molar-refractivity contribution in [2.24, 2.45) is 0 Å². The molecule has 142 valence electrons. The molecule has 0 amide bonds. The summed E-state index contributed by atoms with van der Waals surface area (Å²) in [6, 6.07) is 9.64. The molecular weight excluding hydrogens is 373 g/mol. The first kappa shape index (κ1) is 19.0. The Labute approximate surface area is 159 Å². The number of hydrogen-bond acceptors (Lipinski definition) is 7. The largest absolute Gasteiger partial charge is 0.487 e. The minimum Gasteiger partial charge on any atom is -0.487 e. The van der Waals surface area contributed by atoms with Crippen LogP contribution in [0.1, 0.15) is 6.92 Å². The van der Waals surface area contributed by atoms with E-state index in [0.29, 0.717) is 23.3 Å². The van der Waals surface area contributed by atoms with Crippen LogP contribution in [-0.2, 0) is 16.1 Å². The van der Waals surface area contributed by atoms with Crippen LogP contribution in [0, 0.1) is 5.82 Å². The van der Waals surface area contributed by atoms with Crippen molar-refractivity contribution < 1.29 is 23.1 Å². The van der Waals surface area contributed by atoms with Crippen molar-refractivity contribution in [3.63, 3.8) is 0 Å². The van der Waals surface area contributed by atoms with Gasteiger partial charge in [-0.15, -0.1) is 10.2 Å². The Bertz CT molecular complexity index is 883. The van der Waals surface area contributed by atoms with E-state index in [1.807, 2.05) is 11.5 Å². The van der Waals surface area contributed by atoms with E-state index in [-0.39, 0.29) is 24.7 Å². The average Bonchev–Trinajstić information content (AvgIpc) is 3.33. The maximum atomic E-state index is 13.4. The summed E-state index contributed by atoms with van der Waals surface area (Å²) in [5.41, 5.74) is 0. The monoisotopic (exact) mass is 391 g/mol. The lowest BCUT2D eigenvalue weighted by Crippen LogP contribution is -2.14. The second kappa shape index (κ2) is 9.22. The third-order valence-corrected chi connectivity index (χ3v) is 4.47. The Morgan fingerprint density at radius 2 is 2.07 bits per heavy atom. The van der Waals surface area contributed by atoms with Gasteiger partial charge in [0, 0.05) is 6.54 Å². The smallest absolute Gasteiger partial charge is 0.316 e. The van der Waals surface area contributed by atoms with Gasteiger partial charge < -0.3 is 13.9 Å². The molecule has 0 saturated carbocycles. The summed E-state index contributed by atoms with van der Waals surface area (Å²) in [7, 11) is 0. The van der Waals surface area contributed by atoms with E-state index < -0.39 is 11.8 Å². The van der Waals surface area contributed by atoms with Crippen LogP contribution in [0.3, 0.4) is 0 Å². The topological polar surface area (TPSA) is 79.4 Å². The van der Waals surface area contributed by atoms with Gasteiger partial charge in [-0.1, -0.05) is 23.9 Å². The predicted octanol–water partition coefficient (Wildman–Crippen LogP) is 3.41. The van der Waals surface area contributed by atoms with Crippen molar-refractivity contribution >= 4 is 17.7 Å². The number of nitrogens with zero attached hydrogens (tertiary/aromatic N) is 3. The number of carbonyl (C=O) groups is 1. The summed E-state index contributed by atoms with van der Waals surface area (Å²) in [5, 5.41) is 8.82. The molecule has 0 N–H and O–H groups in total. The number of furan rings is 1. The number of benzene rings is 1. The molecule has 0 atom stereocenters. The van der Waals surface area contributed by atoms with Gasteiger partial charge >= 0.3 is 5.97 Å². The molecule has 7 nitrogen and oxygen atoms in total. The average molecular weight is 391 g/mol. The number of aromatic nitrogens is 3. The van der Waals surface area contributed by atoms with E-state index >= 15 is 0 Å². The van der Waals surface area contributed by atoms with Gasteiger partial charge in [-0.05, 0) is 31.2 Å². The molecular formula is C18H18FN3O4S. The lowest BCUT2D eigenvalue weighted by Gasteiger charge is -2.08. The number of rotatable bonds is 9. The summed E-state index contributed by atoms with van der Waals surface area (Å²) < 4.78 is 30.9. The number of para-hydroxylation sites is 1. The highest BCUT2D eigenvalue weighted by Crippen LogP contribution is 2.24. The van der Waals surface area contributed by atoms with Crippen LogP contribution in [0.25, 0.3) is 11.6 Å². The fourth-order valence-corrected chi connectivity index (χ4v) is 3.10. The van der Waals surface area contributed by atoms with E-state index in [2.05, 4.69) is 10.2 Å². The van der Waals surface area contributed by atoms with Gasteiger partial charge in [-0.25, -0.2) is 4.39 Å². The molecule has 0 fully saturated rings. The van der Waals surface area contributed by atoms with E-state index in [4.69, 9.17) is 13.9 Å². The predicted molar refractivity (Wildman–Crippen MR) is 97.0 cm³/mol. The Hall–Kier alpha value is -2.81. The van der Waals surface area contributed by atoms with Gasteiger partial charge in [0.25, 0.3) is 0 Å². The van der Waals surface area contributed by atoms with Crippen LogP contribution >= 0.6 is 11.8 Å². The molecule has 3 rings (SSSR count). The van der Waals surface area contributed by atoms with Crippen molar-refractivity contribution in [1.82, 2.24) is 14.8 Å². The van der Waals surface area contributed by atoms with Crippen LogP contribution in [0.2, 0.25) is 0 Å². The fraction of sp³-hybridized carbons (Fsp3) is 0.278. The number of halogens is 1. The molecule has 27 heavy (non-hydrogen) atoms. The van der Waals surface area contributed by atoms with E-state index in [1.165, 1.54) is 23.9 Å². The van der Waals surface area contributed by atoms with Crippen LogP contribution in [0.5, 0.6) is 5.75 Å². The zero-order valence-corrected chi connectivity index (χ0v) is 15.4. The minimum absolute atomic E-state index is 0.0336. The summed E-state index contributed by atoms with van der Waals surface area (Å²) >= 11 is 1.23. The molecule has 0 bridgehead atoms. The van der Waals surface area contributed by atoms with Crippen molar-refractivity contribution in [3.8, 4) is 17.3 Å². The zero-order chi connectivity index (χ0) is 19.1. The van der Waals surface area contributed by atoms with Gasteiger partial charge in [0.2, 0.25) is 0 Å². The third kappa shape index (κ3) is 4.88. The Balaban J connectivity index is 1.45. The van der Waals surface area contributed by atoms with E-state index in [0.717, 1.165) is 0 Å².